The van der Waals surface area contributed by atoms with Crippen LogP contribution in [0.3, 0.4) is 0 Å². The van der Waals surface area contributed by atoms with Crippen molar-refractivity contribution >= 4 is 45.0 Å². The number of anilines is 1. The number of fused-ring (bicyclic) bond motifs is 3. The van der Waals surface area contributed by atoms with Crippen molar-refractivity contribution < 1.29 is 23.0 Å². The zero-order valence-corrected chi connectivity index (χ0v) is 31.6. The van der Waals surface area contributed by atoms with E-state index >= 15 is 4.39 Å². The van der Waals surface area contributed by atoms with Crippen LogP contribution in [0.25, 0.3) is 32.9 Å². The van der Waals surface area contributed by atoms with Gasteiger partial charge in [0, 0.05) is 100 Å². The summed E-state index contributed by atoms with van der Waals surface area (Å²) in [5.41, 5.74) is 0.857. The topological polar surface area (TPSA) is 111 Å². The average Bonchev–Trinajstić information content (AvgIpc) is 3.66. The third kappa shape index (κ3) is 9.24. The summed E-state index contributed by atoms with van der Waals surface area (Å²) in [5.74, 6) is -0.0643. The fraction of sp³-hybridized carbons (Fsp3) is 0.475. The SMILES string of the molecule is CC#N.COc1nc(N2CCN(C(=O)/C=C/CN3CCCOCC3)CC2)c2cnc(-c3cccc4cccc(Cl)c34)c(F)c2n1.FC1CC2CCCN2C1. The minimum absolute atomic E-state index is 0.0167. The molecule has 0 radical (unpaired) electrons. The van der Waals surface area contributed by atoms with Crippen molar-refractivity contribution in [2.24, 2.45) is 0 Å². The molecular weight excluding hydrogens is 714 g/mol. The first-order valence-corrected chi connectivity index (χ1v) is 19.0. The van der Waals surface area contributed by atoms with Gasteiger partial charge in [0.15, 0.2) is 5.82 Å². The second-order valence-electron chi connectivity index (χ2n) is 13.7. The molecule has 54 heavy (non-hydrogen) atoms. The van der Waals surface area contributed by atoms with Crippen molar-refractivity contribution in [1.29, 1.82) is 5.26 Å². The fourth-order valence-corrected chi connectivity index (χ4v) is 7.87. The van der Waals surface area contributed by atoms with Gasteiger partial charge in [0.2, 0.25) is 5.91 Å². The summed E-state index contributed by atoms with van der Waals surface area (Å²) in [6.07, 6.45) is 9.01. The molecule has 2 atom stereocenters. The lowest BCUT2D eigenvalue weighted by atomic mass is 10.0. The first-order chi connectivity index (χ1) is 26.3. The number of nitrogens with zero attached hydrogens (tertiary/aromatic N) is 8. The Morgan fingerprint density at radius 2 is 1.85 bits per heavy atom. The van der Waals surface area contributed by atoms with Crippen molar-refractivity contribution in [2.75, 3.05) is 84.1 Å². The molecule has 0 spiro atoms. The summed E-state index contributed by atoms with van der Waals surface area (Å²) < 4.78 is 39.6. The molecule has 2 aromatic heterocycles. The normalized spacial score (nSPS) is 20.5. The highest BCUT2D eigenvalue weighted by Gasteiger charge is 2.34. The Labute approximate surface area is 320 Å². The molecule has 0 bridgehead atoms. The molecule has 2 unspecified atom stereocenters. The van der Waals surface area contributed by atoms with Gasteiger partial charge in [-0.05, 0) is 43.7 Å². The lowest BCUT2D eigenvalue weighted by Crippen LogP contribution is -2.48. The number of amides is 1. The molecule has 14 heteroatoms. The van der Waals surface area contributed by atoms with Crippen LogP contribution < -0.4 is 9.64 Å². The van der Waals surface area contributed by atoms with Gasteiger partial charge >= 0.3 is 6.01 Å². The third-order valence-corrected chi connectivity index (χ3v) is 10.5. The van der Waals surface area contributed by atoms with E-state index in [1.807, 2.05) is 40.1 Å². The number of hydrogen-bond acceptors (Lipinski definition) is 10. The Kier molecular flexibility index (Phi) is 13.6. The van der Waals surface area contributed by atoms with Gasteiger partial charge in [-0.1, -0.05) is 48.0 Å². The summed E-state index contributed by atoms with van der Waals surface area (Å²) in [6, 6.07) is 13.6. The van der Waals surface area contributed by atoms with E-state index in [9.17, 15) is 9.18 Å². The van der Waals surface area contributed by atoms with Gasteiger partial charge in [-0.15, -0.1) is 0 Å². The number of alkyl halides is 1. The van der Waals surface area contributed by atoms with E-state index in [-0.39, 0.29) is 23.1 Å². The second kappa shape index (κ2) is 18.7. The number of nitriles is 1. The molecule has 4 saturated heterocycles. The lowest BCUT2D eigenvalue weighted by molar-refractivity contribution is -0.126. The molecule has 1 amide bonds. The number of carbonyl (C=O) groups excluding carboxylic acids is 1. The molecular formula is C40H47ClF2N8O3. The number of ether oxygens (including phenoxy) is 2. The number of hydrogen-bond donors (Lipinski definition) is 0. The van der Waals surface area contributed by atoms with Crippen LogP contribution in [0.2, 0.25) is 5.02 Å². The Morgan fingerprint density at radius 1 is 1.07 bits per heavy atom. The second-order valence-corrected chi connectivity index (χ2v) is 14.1. The number of rotatable bonds is 6. The molecule has 0 saturated carbocycles. The fourth-order valence-electron chi connectivity index (χ4n) is 7.59. The van der Waals surface area contributed by atoms with E-state index in [1.54, 1.807) is 30.5 Å². The number of halogens is 3. The van der Waals surface area contributed by atoms with Crippen LogP contribution in [0.5, 0.6) is 6.01 Å². The molecule has 4 aliphatic rings. The molecule has 0 aliphatic carbocycles. The third-order valence-electron chi connectivity index (χ3n) is 10.2. The van der Waals surface area contributed by atoms with Crippen molar-refractivity contribution in [3.8, 4) is 23.3 Å². The highest BCUT2D eigenvalue weighted by Crippen LogP contribution is 2.37. The Bertz CT molecular complexity index is 1960. The molecule has 4 aliphatic heterocycles. The highest BCUT2D eigenvalue weighted by molar-refractivity contribution is 6.36. The van der Waals surface area contributed by atoms with Gasteiger partial charge in [-0.2, -0.15) is 15.2 Å². The van der Waals surface area contributed by atoms with Crippen molar-refractivity contribution in [2.45, 2.75) is 44.8 Å². The molecule has 6 heterocycles. The average molecular weight is 761 g/mol. The summed E-state index contributed by atoms with van der Waals surface area (Å²) in [5, 5.41) is 9.93. The number of pyridine rings is 1. The van der Waals surface area contributed by atoms with Gasteiger partial charge in [-0.25, -0.2) is 8.78 Å². The zero-order chi connectivity index (χ0) is 38.0. The zero-order valence-electron chi connectivity index (χ0n) is 30.9. The van der Waals surface area contributed by atoms with E-state index in [0.29, 0.717) is 60.6 Å². The first kappa shape index (κ1) is 39.2. The van der Waals surface area contributed by atoms with Crippen LogP contribution in [0.1, 0.15) is 32.6 Å². The summed E-state index contributed by atoms with van der Waals surface area (Å²) >= 11 is 6.52. The van der Waals surface area contributed by atoms with Gasteiger partial charge in [-0.3, -0.25) is 19.6 Å². The molecule has 11 nitrogen and oxygen atoms in total. The lowest BCUT2D eigenvalue weighted by Gasteiger charge is -2.35. The highest BCUT2D eigenvalue weighted by atomic mass is 35.5. The quantitative estimate of drug-likeness (QED) is 0.208. The van der Waals surface area contributed by atoms with Crippen LogP contribution in [-0.2, 0) is 9.53 Å². The maximum Gasteiger partial charge on any atom is 0.318 e. The summed E-state index contributed by atoms with van der Waals surface area (Å²) in [6.45, 7) is 9.46. The Morgan fingerprint density at radius 3 is 2.61 bits per heavy atom. The van der Waals surface area contributed by atoms with Gasteiger partial charge in [0.25, 0.3) is 0 Å². The smallest absolute Gasteiger partial charge is 0.318 e. The number of benzene rings is 2. The monoisotopic (exact) mass is 760 g/mol. The van der Waals surface area contributed by atoms with E-state index < -0.39 is 12.0 Å². The van der Waals surface area contributed by atoms with E-state index in [0.717, 1.165) is 63.0 Å². The summed E-state index contributed by atoms with van der Waals surface area (Å²) in [7, 11) is 1.46. The van der Waals surface area contributed by atoms with Crippen LogP contribution in [0.15, 0.2) is 54.7 Å². The maximum absolute atomic E-state index is 16.2. The predicted molar refractivity (Wildman–Crippen MR) is 207 cm³/mol. The number of methoxy groups -OCH3 is 1. The molecule has 0 N–H and O–H groups in total. The van der Waals surface area contributed by atoms with Gasteiger partial charge in [0.1, 0.15) is 23.2 Å². The molecule has 286 valence electrons. The van der Waals surface area contributed by atoms with Crippen LogP contribution in [0.4, 0.5) is 14.6 Å². The molecule has 8 rings (SSSR count). The first-order valence-electron chi connectivity index (χ1n) is 18.6. The molecule has 4 aromatic rings. The van der Waals surface area contributed by atoms with E-state index in [1.165, 1.54) is 26.9 Å². The molecule has 2 aromatic carbocycles. The van der Waals surface area contributed by atoms with Crippen molar-refractivity contribution in [1.82, 2.24) is 29.7 Å². The predicted octanol–water partition coefficient (Wildman–Crippen LogP) is 6.30. The molecule has 4 fully saturated rings. The summed E-state index contributed by atoms with van der Waals surface area (Å²) in [4.78, 5) is 34.7. The van der Waals surface area contributed by atoms with Crippen LogP contribution in [-0.4, -0.2) is 127 Å². The minimum atomic E-state index is -0.572. The van der Waals surface area contributed by atoms with Gasteiger partial charge < -0.3 is 19.3 Å². The van der Waals surface area contributed by atoms with Crippen molar-refractivity contribution in [3.63, 3.8) is 0 Å². The van der Waals surface area contributed by atoms with Gasteiger partial charge in [0.05, 0.1) is 25.2 Å². The Hall–Kier alpha value is -4.48. The standard InChI is InChI=1S/C31H32ClFN6O3.C7H12FN.C2H3N/c1-41-31-35-29-23(20-34-28(27(29)33)22-8-2-6-21-7-3-9-24(32)26(21)22)30(36-31)39-15-13-38(14-16-39)25(40)10-4-11-37-12-5-18-42-19-17-37;8-6-4-7-2-1-3-9(7)5-6;1-2-3/h2-4,6-10,20H,5,11-19H2,1H3;6-7H,1-5H2;1H3/b10-4+;;. The van der Waals surface area contributed by atoms with E-state index in [2.05, 4.69) is 24.8 Å². The minimum Gasteiger partial charge on any atom is -0.467 e. The number of carbonyl (C=O) groups is 1. The number of piperazine rings is 1. The largest absolute Gasteiger partial charge is 0.467 e. The van der Waals surface area contributed by atoms with E-state index in [4.69, 9.17) is 26.3 Å². The maximum atomic E-state index is 16.2. The Balaban J connectivity index is 0.000000352. The van der Waals surface area contributed by atoms with Crippen LogP contribution >= 0.6 is 11.6 Å². The van der Waals surface area contributed by atoms with Crippen molar-refractivity contribution in [3.05, 3.63) is 65.6 Å². The number of aromatic nitrogens is 3. The van der Waals surface area contributed by atoms with Crippen LogP contribution in [0, 0.1) is 17.1 Å².